The molecule has 3 aromatic rings. The highest BCUT2D eigenvalue weighted by molar-refractivity contribution is 9.08. The van der Waals surface area contributed by atoms with Crippen LogP contribution in [-0.4, -0.2) is 8.58 Å². The van der Waals surface area contributed by atoms with E-state index < -0.39 is 0 Å². The molecule has 2 nitrogen and oxygen atoms in total. The average molecular weight is 329 g/mol. The normalized spacial score (nSPS) is 11.4. The van der Waals surface area contributed by atoms with E-state index in [9.17, 15) is 0 Å². The van der Waals surface area contributed by atoms with Crippen molar-refractivity contribution in [3.05, 3.63) is 53.7 Å². The van der Waals surface area contributed by atoms with Gasteiger partial charge in [0, 0.05) is 11.6 Å². The Labute approximate surface area is 127 Å². The summed E-state index contributed by atoms with van der Waals surface area (Å²) in [5.74, 6) is 0.531. The van der Waals surface area contributed by atoms with Crippen molar-refractivity contribution in [1.82, 2.24) is 8.58 Å². The summed E-state index contributed by atoms with van der Waals surface area (Å²) in [4.78, 5) is 4.46. The van der Waals surface area contributed by atoms with Crippen LogP contribution in [0.2, 0.25) is 0 Å². The summed E-state index contributed by atoms with van der Waals surface area (Å²) < 4.78 is 1.99. The zero-order valence-corrected chi connectivity index (χ0v) is 13.5. The highest BCUT2D eigenvalue weighted by Gasteiger charge is 2.12. The van der Waals surface area contributed by atoms with E-state index in [0.717, 1.165) is 11.3 Å². The number of hydrogen-bond acceptors (Lipinski definition) is 1. The molecule has 0 spiro atoms. The van der Waals surface area contributed by atoms with Crippen LogP contribution in [0.15, 0.2) is 42.6 Å². The molecule has 0 saturated carbocycles. The summed E-state index contributed by atoms with van der Waals surface area (Å²) in [5.41, 5.74) is 5.92. The van der Waals surface area contributed by atoms with E-state index >= 15 is 0 Å². The molecule has 0 aliphatic rings. The number of nitrogens with zero attached hydrogens (tertiary/aromatic N) is 2. The van der Waals surface area contributed by atoms with Crippen LogP contribution in [0.4, 0.5) is 0 Å². The summed E-state index contributed by atoms with van der Waals surface area (Å²) in [5, 5.41) is 1.19. The smallest absolute Gasteiger partial charge is 0.150 e. The van der Waals surface area contributed by atoms with Crippen LogP contribution in [0.1, 0.15) is 30.9 Å². The minimum atomic E-state index is 0.531. The van der Waals surface area contributed by atoms with E-state index in [1.807, 2.05) is 15.9 Å². The molecule has 0 atom stereocenters. The summed E-state index contributed by atoms with van der Waals surface area (Å²) >= 11 is 3.64. The van der Waals surface area contributed by atoms with Crippen molar-refractivity contribution < 1.29 is 0 Å². The number of pyridine rings is 1. The Hall–Kier alpha value is -1.61. The minimum Gasteiger partial charge on any atom is -0.259 e. The van der Waals surface area contributed by atoms with Gasteiger partial charge in [0.15, 0.2) is 5.65 Å². The predicted octanol–water partition coefficient (Wildman–Crippen LogP) is 5.29. The van der Waals surface area contributed by atoms with Crippen LogP contribution < -0.4 is 0 Å². The molecule has 0 aliphatic carbocycles. The maximum atomic E-state index is 4.46. The first-order chi connectivity index (χ1) is 9.58. The standard InChI is InChI=1S/C17H17BrN2/c1-11(2)13-5-4-6-14(9-13)16-10-15-12(3)7-8-19-17(15)20(16)18/h4-11H,1-3H3. The predicted molar refractivity (Wildman–Crippen MR) is 88.3 cm³/mol. The minimum absolute atomic E-state index is 0.531. The highest BCUT2D eigenvalue weighted by atomic mass is 79.9. The first kappa shape index (κ1) is 13.4. The van der Waals surface area contributed by atoms with Gasteiger partial charge in [-0.2, -0.15) is 0 Å². The summed E-state index contributed by atoms with van der Waals surface area (Å²) in [7, 11) is 0. The molecule has 102 valence electrons. The van der Waals surface area contributed by atoms with Gasteiger partial charge < -0.3 is 0 Å². The van der Waals surface area contributed by atoms with Crippen LogP contribution in [0.3, 0.4) is 0 Å². The van der Waals surface area contributed by atoms with Gasteiger partial charge in [-0.1, -0.05) is 32.0 Å². The van der Waals surface area contributed by atoms with Gasteiger partial charge in [-0.15, -0.1) is 0 Å². The van der Waals surface area contributed by atoms with Crippen LogP contribution in [-0.2, 0) is 0 Å². The maximum absolute atomic E-state index is 4.46. The summed E-state index contributed by atoms with van der Waals surface area (Å²) in [6, 6.07) is 12.9. The molecule has 3 heteroatoms. The lowest BCUT2D eigenvalue weighted by Crippen LogP contribution is -1.90. The number of aromatic nitrogens is 2. The molecule has 0 aliphatic heterocycles. The monoisotopic (exact) mass is 328 g/mol. The molecule has 0 radical (unpaired) electrons. The third-order valence-electron chi connectivity index (χ3n) is 3.71. The molecule has 1 aromatic carbocycles. The highest BCUT2D eigenvalue weighted by Crippen LogP contribution is 2.31. The van der Waals surface area contributed by atoms with Crippen molar-refractivity contribution in [1.29, 1.82) is 0 Å². The zero-order chi connectivity index (χ0) is 14.3. The second-order valence-electron chi connectivity index (χ2n) is 5.46. The Morgan fingerprint density at radius 2 is 1.95 bits per heavy atom. The van der Waals surface area contributed by atoms with Crippen LogP contribution in [0.5, 0.6) is 0 Å². The number of hydrogen-bond donors (Lipinski definition) is 0. The number of halogens is 1. The van der Waals surface area contributed by atoms with Gasteiger partial charge in [-0.25, -0.2) is 4.98 Å². The van der Waals surface area contributed by atoms with Gasteiger partial charge in [0.25, 0.3) is 0 Å². The molecular weight excluding hydrogens is 312 g/mol. The van der Waals surface area contributed by atoms with E-state index in [1.54, 1.807) is 0 Å². The quantitative estimate of drug-likeness (QED) is 0.624. The molecule has 0 N–H and O–H groups in total. The van der Waals surface area contributed by atoms with Crippen molar-refractivity contribution in [3.8, 4) is 11.3 Å². The van der Waals surface area contributed by atoms with Crippen molar-refractivity contribution >= 4 is 27.2 Å². The van der Waals surface area contributed by atoms with Crippen LogP contribution in [0.25, 0.3) is 22.3 Å². The van der Waals surface area contributed by atoms with Crippen molar-refractivity contribution in [2.24, 2.45) is 0 Å². The third-order valence-corrected chi connectivity index (χ3v) is 4.43. The van der Waals surface area contributed by atoms with E-state index in [-0.39, 0.29) is 0 Å². The van der Waals surface area contributed by atoms with E-state index in [4.69, 9.17) is 0 Å². The van der Waals surface area contributed by atoms with E-state index in [1.165, 1.54) is 22.1 Å². The third kappa shape index (κ3) is 2.16. The molecule has 0 saturated heterocycles. The number of aryl methyl sites for hydroxylation is 1. The van der Waals surface area contributed by atoms with Gasteiger partial charge in [0.1, 0.15) is 0 Å². The average Bonchev–Trinajstić information content (AvgIpc) is 2.78. The molecule has 2 heterocycles. The fourth-order valence-electron chi connectivity index (χ4n) is 2.45. The Kier molecular flexibility index (Phi) is 3.38. The Morgan fingerprint density at radius 3 is 2.65 bits per heavy atom. The molecule has 20 heavy (non-hydrogen) atoms. The van der Waals surface area contributed by atoms with Crippen molar-refractivity contribution in [2.75, 3.05) is 0 Å². The second-order valence-corrected chi connectivity index (χ2v) is 6.16. The fraction of sp³-hybridized carbons (Fsp3) is 0.235. The second kappa shape index (κ2) is 5.06. The topological polar surface area (TPSA) is 17.8 Å². The lowest BCUT2D eigenvalue weighted by atomic mass is 10.00. The molecule has 0 unspecified atom stereocenters. The zero-order valence-electron chi connectivity index (χ0n) is 11.9. The number of rotatable bonds is 2. The number of fused-ring (bicyclic) bond motifs is 1. The molecule has 0 bridgehead atoms. The first-order valence-electron chi connectivity index (χ1n) is 6.81. The van der Waals surface area contributed by atoms with Crippen molar-refractivity contribution in [3.63, 3.8) is 0 Å². The van der Waals surface area contributed by atoms with E-state index in [2.05, 4.69) is 72.2 Å². The largest absolute Gasteiger partial charge is 0.259 e. The van der Waals surface area contributed by atoms with Crippen LogP contribution >= 0.6 is 16.1 Å². The van der Waals surface area contributed by atoms with Gasteiger partial charge in [-0.3, -0.25) is 3.59 Å². The molecule has 2 aromatic heterocycles. The van der Waals surface area contributed by atoms with E-state index in [0.29, 0.717) is 5.92 Å². The fourth-order valence-corrected chi connectivity index (χ4v) is 3.04. The Morgan fingerprint density at radius 1 is 1.15 bits per heavy atom. The van der Waals surface area contributed by atoms with Gasteiger partial charge in [0.05, 0.1) is 21.8 Å². The van der Waals surface area contributed by atoms with Gasteiger partial charge >= 0.3 is 0 Å². The Bertz CT molecular complexity index is 772. The van der Waals surface area contributed by atoms with Gasteiger partial charge in [0.2, 0.25) is 0 Å². The molecule has 0 amide bonds. The lowest BCUT2D eigenvalue weighted by Gasteiger charge is -2.08. The summed E-state index contributed by atoms with van der Waals surface area (Å²) in [6.07, 6.45) is 1.85. The SMILES string of the molecule is Cc1ccnc2c1cc(-c1cccc(C(C)C)c1)n2Br. The summed E-state index contributed by atoms with van der Waals surface area (Å²) in [6.45, 7) is 6.55. The first-order valence-corrected chi connectivity index (χ1v) is 7.52. The Balaban J connectivity index is 2.22. The van der Waals surface area contributed by atoms with Crippen LogP contribution in [0, 0.1) is 6.92 Å². The van der Waals surface area contributed by atoms with Crippen molar-refractivity contribution in [2.45, 2.75) is 26.7 Å². The molecule has 3 rings (SSSR count). The van der Waals surface area contributed by atoms with Gasteiger partial charge in [-0.05, 0) is 47.7 Å². The maximum Gasteiger partial charge on any atom is 0.150 e. The number of benzene rings is 1. The molecular formula is C17H17BrN2. The molecule has 0 fully saturated rings. The lowest BCUT2D eigenvalue weighted by molar-refractivity contribution is 0.867.